The highest BCUT2D eigenvalue weighted by Crippen LogP contribution is 2.66. The lowest BCUT2D eigenvalue weighted by Crippen LogP contribution is -2.50. The molecule has 0 bridgehead atoms. The predicted molar refractivity (Wildman–Crippen MR) is 110 cm³/mol. The molecule has 0 saturated heterocycles. The minimum absolute atomic E-state index is 0.135. The molecule has 0 N–H and O–H groups in total. The molecule has 0 aromatic heterocycles. The van der Waals surface area contributed by atoms with E-state index < -0.39 is 0 Å². The highest BCUT2D eigenvalue weighted by molar-refractivity contribution is 5.65. The number of fused-ring (bicyclic) bond motifs is 5. The van der Waals surface area contributed by atoms with Crippen molar-refractivity contribution in [1.29, 1.82) is 0 Å². The molecule has 0 aromatic carbocycles. The number of esters is 1. The van der Waals surface area contributed by atoms with Gasteiger partial charge in [0.1, 0.15) is 0 Å². The first-order chi connectivity index (χ1) is 12.8. The Bertz CT molecular complexity index is 674. The zero-order valence-electron chi connectivity index (χ0n) is 18.0. The summed E-state index contributed by atoms with van der Waals surface area (Å²) in [5.74, 6) is 3.62. The van der Waals surface area contributed by atoms with Gasteiger partial charge in [-0.15, -0.1) is 0 Å². The van der Waals surface area contributed by atoms with Crippen molar-refractivity contribution in [1.82, 2.24) is 0 Å². The van der Waals surface area contributed by atoms with Gasteiger partial charge >= 0.3 is 5.97 Å². The first-order valence-corrected chi connectivity index (χ1v) is 11.3. The Labute approximate surface area is 165 Å². The molecule has 0 spiro atoms. The summed E-state index contributed by atoms with van der Waals surface area (Å²) in [4.78, 5) is 11.3. The molecule has 4 rings (SSSR count). The van der Waals surface area contributed by atoms with E-state index in [1.165, 1.54) is 51.9 Å². The fraction of sp³-hybridized carbons (Fsp3) is 0.800. The van der Waals surface area contributed by atoms with E-state index in [9.17, 15) is 4.79 Å². The van der Waals surface area contributed by atoms with E-state index in [1.807, 2.05) is 0 Å². The van der Waals surface area contributed by atoms with Gasteiger partial charge in [-0.25, -0.2) is 0 Å². The van der Waals surface area contributed by atoms with Crippen LogP contribution in [0.5, 0.6) is 0 Å². The van der Waals surface area contributed by atoms with E-state index in [0.717, 1.165) is 17.8 Å². The van der Waals surface area contributed by atoms with E-state index in [4.69, 9.17) is 4.74 Å². The minimum atomic E-state index is -0.135. The second-order valence-corrected chi connectivity index (χ2v) is 10.7. The predicted octanol–water partition coefficient (Wildman–Crippen LogP) is 6.32. The van der Waals surface area contributed by atoms with Gasteiger partial charge in [-0.05, 0) is 97.9 Å². The Morgan fingerprint density at radius 3 is 2.74 bits per heavy atom. The van der Waals surface area contributed by atoms with Crippen molar-refractivity contribution in [2.24, 2.45) is 40.4 Å². The summed E-state index contributed by atoms with van der Waals surface area (Å²) in [5.41, 5.74) is 4.06. The third kappa shape index (κ3) is 3.02. The van der Waals surface area contributed by atoms with Crippen molar-refractivity contribution >= 4 is 5.97 Å². The number of allylic oxidation sites excluding steroid dienone is 4. The van der Waals surface area contributed by atoms with Crippen LogP contribution in [0, 0.1) is 40.4 Å². The molecular formula is C25H38O2. The Kier molecular flexibility index (Phi) is 4.84. The first-order valence-electron chi connectivity index (χ1n) is 11.3. The molecule has 0 heterocycles. The van der Waals surface area contributed by atoms with Gasteiger partial charge in [0, 0.05) is 6.92 Å². The summed E-state index contributed by atoms with van der Waals surface area (Å²) < 4.78 is 5.39. The van der Waals surface area contributed by atoms with Crippen molar-refractivity contribution < 1.29 is 9.53 Å². The minimum Gasteiger partial charge on any atom is -0.466 e. The summed E-state index contributed by atoms with van der Waals surface area (Å²) in [5, 5.41) is 0. The smallest absolute Gasteiger partial charge is 0.302 e. The van der Waals surface area contributed by atoms with Crippen molar-refractivity contribution in [3.63, 3.8) is 0 Å². The van der Waals surface area contributed by atoms with Crippen molar-refractivity contribution in [3.05, 3.63) is 23.3 Å². The standard InChI is InChI=1S/C25H38O2/c1-16-10-12-24(4)19(14-16)6-7-20-22-9-8-21(17(2)15-27-18(3)26)25(22,5)13-11-23(20)24/h6,14,17,20-23H,7-13,15H2,1-5H3/t17-,20+,21-,22+,23+,24+,25-/m1/s1. The van der Waals surface area contributed by atoms with Crippen molar-refractivity contribution in [2.75, 3.05) is 6.61 Å². The Balaban J connectivity index is 1.56. The molecule has 2 fully saturated rings. The lowest BCUT2D eigenvalue weighted by Gasteiger charge is -2.57. The highest BCUT2D eigenvalue weighted by atomic mass is 16.5. The van der Waals surface area contributed by atoms with E-state index in [-0.39, 0.29) is 5.97 Å². The van der Waals surface area contributed by atoms with Gasteiger partial charge in [-0.2, -0.15) is 0 Å². The van der Waals surface area contributed by atoms with Crippen LogP contribution in [0.4, 0.5) is 0 Å². The van der Waals surface area contributed by atoms with E-state index in [2.05, 4.69) is 39.8 Å². The second-order valence-electron chi connectivity index (χ2n) is 10.7. The average molecular weight is 371 g/mol. The van der Waals surface area contributed by atoms with Gasteiger partial charge in [0.15, 0.2) is 0 Å². The number of carbonyl (C=O) groups is 1. The molecule has 0 radical (unpaired) electrons. The summed E-state index contributed by atoms with van der Waals surface area (Å²) in [6, 6.07) is 0. The fourth-order valence-electron chi connectivity index (χ4n) is 7.81. The van der Waals surface area contributed by atoms with Crippen molar-refractivity contribution in [2.45, 2.75) is 79.6 Å². The molecule has 4 aliphatic rings. The van der Waals surface area contributed by atoms with E-state index in [1.54, 1.807) is 11.1 Å². The molecule has 0 unspecified atom stereocenters. The van der Waals surface area contributed by atoms with Crippen LogP contribution in [0.1, 0.15) is 79.6 Å². The molecular weight excluding hydrogens is 332 g/mol. The van der Waals surface area contributed by atoms with Crippen molar-refractivity contribution in [3.8, 4) is 0 Å². The first kappa shape index (κ1) is 19.3. The number of carbonyl (C=O) groups excluding carboxylic acids is 1. The number of ether oxygens (including phenoxy) is 1. The third-order valence-electron chi connectivity index (χ3n) is 9.28. The molecule has 27 heavy (non-hydrogen) atoms. The van der Waals surface area contributed by atoms with Crippen LogP contribution in [0.2, 0.25) is 0 Å². The van der Waals surface area contributed by atoms with Crippen LogP contribution in [-0.2, 0) is 9.53 Å². The van der Waals surface area contributed by atoms with Gasteiger partial charge in [-0.1, -0.05) is 38.5 Å². The van der Waals surface area contributed by atoms with Crippen LogP contribution in [0.3, 0.4) is 0 Å². The molecule has 7 atom stereocenters. The normalized spacial score (nSPS) is 44.3. The average Bonchev–Trinajstić information content (AvgIpc) is 2.97. The SMILES string of the molecule is CC(=O)OC[C@@H](C)[C@H]1CC[C@H]2[C@@H]3CC=C4C=C(C)CC[C@]4(C)[C@H]3CC[C@]12C. The lowest BCUT2D eigenvalue weighted by atomic mass is 9.47. The largest absolute Gasteiger partial charge is 0.466 e. The zero-order valence-corrected chi connectivity index (χ0v) is 18.0. The number of hydrogen-bond donors (Lipinski definition) is 0. The molecule has 2 heteroatoms. The van der Waals surface area contributed by atoms with Gasteiger partial charge in [0.2, 0.25) is 0 Å². The molecule has 4 aliphatic carbocycles. The Morgan fingerprint density at radius 1 is 1.22 bits per heavy atom. The maximum absolute atomic E-state index is 11.3. The molecule has 0 aliphatic heterocycles. The monoisotopic (exact) mass is 370 g/mol. The maximum Gasteiger partial charge on any atom is 0.302 e. The fourth-order valence-corrected chi connectivity index (χ4v) is 7.81. The highest BCUT2D eigenvalue weighted by Gasteiger charge is 2.58. The molecule has 2 nitrogen and oxygen atoms in total. The van der Waals surface area contributed by atoms with E-state index in [0.29, 0.717) is 29.3 Å². The number of rotatable bonds is 3. The zero-order chi connectivity index (χ0) is 19.4. The van der Waals surface area contributed by atoms with Gasteiger partial charge < -0.3 is 4.74 Å². The molecule has 0 amide bonds. The van der Waals surface area contributed by atoms with Crippen LogP contribution < -0.4 is 0 Å². The van der Waals surface area contributed by atoms with Crippen LogP contribution in [-0.4, -0.2) is 12.6 Å². The van der Waals surface area contributed by atoms with Crippen LogP contribution in [0.25, 0.3) is 0 Å². The lowest BCUT2D eigenvalue weighted by molar-refractivity contribution is -0.143. The summed E-state index contributed by atoms with van der Waals surface area (Å²) in [6.07, 6.45) is 14.5. The third-order valence-corrected chi connectivity index (χ3v) is 9.28. The van der Waals surface area contributed by atoms with Gasteiger partial charge in [-0.3, -0.25) is 4.79 Å². The maximum atomic E-state index is 11.3. The van der Waals surface area contributed by atoms with Gasteiger partial charge in [0.25, 0.3) is 0 Å². The molecule has 0 aromatic rings. The molecule has 150 valence electrons. The molecule has 2 saturated carbocycles. The summed E-state index contributed by atoms with van der Waals surface area (Å²) >= 11 is 0. The quantitative estimate of drug-likeness (QED) is 0.543. The number of hydrogen-bond acceptors (Lipinski definition) is 2. The van der Waals surface area contributed by atoms with Crippen LogP contribution >= 0.6 is 0 Å². The summed E-state index contributed by atoms with van der Waals surface area (Å²) in [6.45, 7) is 11.9. The Morgan fingerprint density at radius 2 is 2.00 bits per heavy atom. The van der Waals surface area contributed by atoms with Gasteiger partial charge in [0.05, 0.1) is 6.61 Å². The van der Waals surface area contributed by atoms with E-state index >= 15 is 0 Å². The van der Waals surface area contributed by atoms with Crippen LogP contribution in [0.15, 0.2) is 23.3 Å². The Hall–Kier alpha value is -1.05. The summed E-state index contributed by atoms with van der Waals surface area (Å²) in [7, 11) is 0. The second kappa shape index (κ2) is 6.78. The topological polar surface area (TPSA) is 26.3 Å².